The number of ether oxygens (including phenoxy) is 1. The van der Waals surface area contributed by atoms with E-state index < -0.39 is 51.3 Å². The van der Waals surface area contributed by atoms with Crippen LogP contribution in [0.25, 0.3) is 10.8 Å². The van der Waals surface area contributed by atoms with E-state index in [0.717, 1.165) is 11.6 Å². The number of fused-ring (bicyclic) bond motifs is 1. The number of phenols is 1. The standard InChI is InChI=1S/C26H26F3NO6S/c1-13(2)36-25(33)22(24(32)26(27,28)29)19-12-20(17-8-6-7-9-18(17)23(19)31)30-37(34,35)21-11-15(4)14(3)10-16(21)5/h6-13,22,30-31H,1-5H3/t22-/m1/s1. The Balaban J connectivity index is 2.28. The molecule has 0 radical (unpaired) electrons. The number of aryl methyl sites for hydroxylation is 3. The fourth-order valence-corrected chi connectivity index (χ4v) is 5.33. The summed E-state index contributed by atoms with van der Waals surface area (Å²) in [6.07, 6.45) is -6.29. The smallest absolute Gasteiger partial charge is 0.451 e. The molecule has 0 aliphatic carbocycles. The Kier molecular flexibility index (Phi) is 7.59. The zero-order chi connectivity index (χ0) is 27.9. The number of rotatable bonds is 7. The summed E-state index contributed by atoms with van der Waals surface area (Å²) < 4.78 is 74.4. The van der Waals surface area contributed by atoms with Crippen molar-refractivity contribution in [3.63, 3.8) is 0 Å². The molecule has 1 atom stereocenters. The van der Waals surface area contributed by atoms with Crippen molar-refractivity contribution in [3.05, 3.63) is 64.7 Å². The molecule has 0 aliphatic heterocycles. The largest absolute Gasteiger partial charge is 0.507 e. The van der Waals surface area contributed by atoms with Gasteiger partial charge in [-0.3, -0.25) is 14.3 Å². The van der Waals surface area contributed by atoms with E-state index >= 15 is 0 Å². The molecule has 0 aliphatic rings. The maximum Gasteiger partial charge on any atom is 0.451 e. The highest BCUT2D eigenvalue weighted by molar-refractivity contribution is 7.92. The molecular weight excluding hydrogens is 511 g/mol. The number of halogens is 3. The first-order valence-corrected chi connectivity index (χ1v) is 12.7. The van der Waals surface area contributed by atoms with E-state index in [1.54, 1.807) is 19.9 Å². The summed E-state index contributed by atoms with van der Waals surface area (Å²) in [6, 6.07) is 9.78. The van der Waals surface area contributed by atoms with Crippen LogP contribution in [-0.2, 0) is 24.3 Å². The van der Waals surface area contributed by atoms with Crippen molar-refractivity contribution in [1.29, 1.82) is 0 Å². The van der Waals surface area contributed by atoms with Crippen molar-refractivity contribution in [2.45, 2.75) is 57.7 Å². The fourth-order valence-electron chi connectivity index (χ4n) is 3.95. The third kappa shape index (κ3) is 5.71. The number of alkyl halides is 3. The molecule has 3 aromatic rings. The van der Waals surface area contributed by atoms with Gasteiger partial charge in [-0.15, -0.1) is 0 Å². The molecule has 0 amide bonds. The number of nitrogens with one attached hydrogen (secondary N) is 1. The summed E-state index contributed by atoms with van der Waals surface area (Å²) in [5.74, 6) is -7.33. The van der Waals surface area contributed by atoms with Crippen LogP contribution in [0.15, 0.2) is 47.4 Å². The Bertz CT molecular complexity index is 1500. The van der Waals surface area contributed by atoms with Crippen LogP contribution in [0.3, 0.4) is 0 Å². The van der Waals surface area contributed by atoms with Gasteiger partial charge < -0.3 is 9.84 Å². The molecule has 7 nitrogen and oxygen atoms in total. The highest BCUT2D eigenvalue weighted by Gasteiger charge is 2.49. The van der Waals surface area contributed by atoms with Gasteiger partial charge in [0.05, 0.1) is 16.7 Å². The number of benzene rings is 3. The Labute approximate surface area is 212 Å². The molecule has 198 valence electrons. The van der Waals surface area contributed by atoms with Gasteiger partial charge >= 0.3 is 12.1 Å². The number of aromatic hydroxyl groups is 1. The number of esters is 1. The molecule has 37 heavy (non-hydrogen) atoms. The van der Waals surface area contributed by atoms with Crippen LogP contribution in [-0.4, -0.2) is 37.6 Å². The van der Waals surface area contributed by atoms with Gasteiger partial charge in [0.1, 0.15) is 5.75 Å². The Morgan fingerprint density at radius 3 is 2.08 bits per heavy atom. The average molecular weight is 538 g/mol. The van der Waals surface area contributed by atoms with Gasteiger partial charge in [-0.2, -0.15) is 13.2 Å². The van der Waals surface area contributed by atoms with E-state index in [1.807, 2.05) is 6.92 Å². The van der Waals surface area contributed by atoms with E-state index in [9.17, 15) is 36.3 Å². The van der Waals surface area contributed by atoms with Crippen LogP contribution in [0.1, 0.15) is 42.0 Å². The SMILES string of the molecule is Cc1cc(C)c(S(=O)(=O)Nc2cc([C@@H](C(=O)OC(C)C)C(=O)C(F)(F)F)c(O)c3ccccc23)cc1C. The van der Waals surface area contributed by atoms with Gasteiger partial charge in [0.25, 0.3) is 15.8 Å². The lowest BCUT2D eigenvalue weighted by atomic mass is 9.90. The van der Waals surface area contributed by atoms with E-state index in [1.165, 1.54) is 44.2 Å². The molecule has 3 aromatic carbocycles. The highest BCUT2D eigenvalue weighted by atomic mass is 32.2. The van der Waals surface area contributed by atoms with E-state index in [4.69, 9.17) is 4.74 Å². The third-order valence-electron chi connectivity index (χ3n) is 5.81. The number of carbonyl (C=O) groups excluding carboxylic acids is 2. The molecule has 0 bridgehead atoms. The Hall–Kier alpha value is -3.60. The van der Waals surface area contributed by atoms with Gasteiger partial charge in [-0.05, 0) is 63.4 Å². The van der Waals surface area contributed by atoms with Crippen LogP contribution < -0.4 is 4.72 Å². The van der Waals surface area contributed by atoms with E-state index in [-0.39, 0.29) is 21.4 Å². The quantitative estimate of drug-likeness (QED) is 0.236. The van der Waals surface area contributed by atoms with Gasteiger partial charge in [0, 0.05) is 16.3 Å². The summed E-state index contributed by atoms with van der Waals surface area (Å²) in [6.45, 7) is 7.92. The van der Waals surface area contributed by atoms with Gasteiger partial charge in [0.2, 0.25) is 0 Å². The van der Waals surface area contributed by atoms with Crippen LogP contribution in [0.5, 0.6) is 5.75 Å². The zero-order valence-electron chi connectivity index (χ0n) is 20.7. The minimum atomic E-state index is -5.44. The lowest BCUT2D eigenvalue weighted by molar-refractivity contribution is -0.178. The molecule has 0 heterocycles. The maximum absolute atomic E-state index is 13.5. The second-order valence-electron chi connectivity index (χ2n) is 9.00. The number of sulfonamides is 1. The first-order chi connectivity index (χ1) is 17.0. The highest BCUT2D eigenvalue weighted by Crippen LogP contribution is 2.42. The van der Waals surface area contributed by atoms with Crippen LogP contribution in [0, 0.1) is 20.8 Å². The van der Waals surface area contributed by atoms with E-state index in [0.29, 0.717) is 11.1 Å². The average Bonchev–Trinajstić information content (AvgIpc) is 2.78. The summed E-state index contributed by atoms with van der Waals surface area (Å²) in [5, 5.41) is 10.9. The van der Waals surface area contributed by atoms with Crippen LogP contribution >= 0.6 is 0 Å². The Morgan fingerprint density at radius 1 is 0.946 bits per heavy atom. The molecule has 0 saturated heterocycles. The molecule has 11 heteroatoms. The normalized spacial score (nSPS) is 13.0. The summed E-state index contributed by atoms with van der Waals surface area (Å²) in [5.41, 5.74) is 1.05. The molecule has 2 N–H and O–H groups in total. The Morgan fingerprint density at radius 2 is 1.51 bits per heavy atom. The van der Waals surface area contributed by atoms with Crippen LogP contribution in [0.4, 0.5) is 18.9 Å². The van der Waals surface area contributed by atoms with Crippen molar-refractivity contribution in [3.8, 4) is 5.75 Å². The van der Waals surface area contributed by atoms with Crippen molar-refractivity contribution >= 4 is 38.2 Å². The lowest BCUT2D eigenvalue weighted by Gasteiger charge is -2.22. The summed E-state index contributed by atoms with van der Waals surface area (Å²) in [7, 11) is -4.27. The second kappa shape index (κ2) is 10.0. The van der Waals surface area contributed by atoms with Crippen molar-refractivity contribution in [2.75, 3.05) is 4.72 Å². The minimum absolute atomic E-state index is 0.0589. The summed E-state index contributed by atoms with van der Waals surface area (Å²) >= 11 is 0. The number of phenolic OH excluding ortho intramolecular Hbond substituents is 1. The molecule has 3 rings (SSSR count). The fraction of sp³-hybridized carbons (Fsp3) is 0.308. The predicted octanol–water partition coefficient (Wildman–Crippen LogP) is 5.44. The number of ketones is 1. The molecule has 0 spiro atoms. The molecule has 0 unspecified atom stereocenters. The number of anilines is 1. The zero-order valence-corrected chi connectivity index (χ0v) is 21.5. The van der Waals surface area contributed by atoms with Crippen molar-refractivity contribution in [1.82, 2.24) is 0 Å². The van der Waals surface area contributed by atoms with Crippen molar-refractivity contribution < 1.29 is 41.0 Å². The maximum atomic E-state index is 13.5. The van der Waals surface area contributed by atoms with Gasteiger partial charge in [0.15, 0.2) is 5.92 Å². The predicted molar refractivity (Wildman–Crippen MR) is 132 cm³/mol. The second-order valence-corrected chi connectivity index (χ2v) is 10.6. The van der Waals surface area contributed by atoms with Crippen molar-refractivity contribution in [2.24, 2.45) is 0 Å². The molecule has 0 fully saturated rings. The van der Waals surface area contributed by atoms with E-state index in [2.05, 4.69) is 4.72 Å². The van der Waals surface area contributed by atoms with Gasteiger partial charge in [-0.25, -0.2) is 8.42 Å². The van der Waals surface area contributed by atoms with Gasteiger partial charge in [-0.1, -0.05) is 30.3 Å². The summed E-state index contributed by atoms with van der Waals surface area (Å²) in [4.78, 5) is 24.9. The molecule has 0 aromatic heterocycles. The number of carbonyl (C=O) groups is 2. The van der Waals surface area contributed by atoms with Crippen LogP contribution in [0.2, 0.25) is 0 Å². The molecule has 0 saturated carbocycles. The number of Topliss-reactive ketones (excluding diaryl/α,β-unsaturated/α-hetero) is 1. The topological polar surface area (TPSA) is 110 Å². The first-order valence-electron chi connectivity index (χ1n) is 11.2. The molecular formula is C26H26F3NO6S. The first kappa shape index (κ1) is 28.0. The number of hydrogen-bond acceptors (Lipinski definition) is 6. The third-order valence-corrected chi connectivity index (χ3v) is 7.32. The monoisotopic (exact) mass is 537 g/mol. The lowest BCUT2D eigenvalue weighted by Crippen LogP contribution is -2.35. The number of hydrogen-bond donors (Lipinski definition) is 2. The minimum Gasteiger partial charge on any atom is -0.507 e.